The third-order valence-electron chi connectivity index (χ3n) is 2.08. The maximum Gasteiger partial charge on any atom is 0.0977 e. The van der Waals surface area contributed by atoms with Crippen molar-refractivity contribution in [1.29, 1.82) is 0 Å². The number of aromatic nitrogens is 4. The third-order valence-corrected chi connectivity index (χ3v) is 2.08. The van der Waals surface area contributed by atoms with Crippen molar-refractivity contribution in [1.82, 2.24) is 20.2 Å². The number of fused-ring (bicyclic) bond motifs is 3. The summed E-state index contributed by atoms with van der Waals surface area (Å²) in [4.78, 5) is 7.28. The van der Waals surface area contributed by atoms with E-state index in [9.17, 15) is 0 Å². The van der Waals surface area contributed by atoms with Crippen LogP contribution < -0.4 is 0 Å². The van der Waals surface area contributed by atoms with E-state index in [1.54, 1.807) is 12.5 Å². The predicted octanol–water partition coefficient (Wildman–Crippen LogP) is 1.51. The maximum atomic E-state index is 4.22. The molecule has 0 aliphatic rings. The van der Waals surface area contributed by atoms with Gasteiger partial charge in [-0.1, -0.05) is 0 Å². The van der Waals surface area contributed by atoms with Gasteiger partial charge in [0.2, 0.25) is 0 Å². The van der Waals surface area contributed by atoms with Crippen LogP contribution >= 0.6 is 0 Å². The highest BCUT2D eigenvalue weighted by atomic mass is 15.1. The van der Waals surface area contributed by atoms with E-state index in [2.05, 4.69) is 20.2 Å². The van der Waals surface area contributed by atoms with Crippen molar-refractivity contribution >= 4 is 21.9 Å². The zero-order chi connectivity index (χ0) is 8.67. The Bertz CT molecular complexity index is 570. The van der Waals surface area contributed by atoms with Crippen molar-refractivity contribution in [3.05, 3.63) is 30.7 Å². The van der Waals surface area contributed by atoms with Crippen LogP contribution in [-0.4, -0.2) is 20.2 Å². The van der Waals surface area contributed by atoms with E-state index < -0.39 is 0 Å². The van der Waals surface area contributed by atoms with Crippen LogP contribution in [0.2, 0.25) is 0 Å². The van der Waals surface area contributed by atoms with Gasteiger partial charge in [-0.25, -0.2) is 4.98 Å². The third kappa shape index (κ3) is 0.823. The molecule has 62 valence electrons. The van der Waals surface area contributed by atoms with Gasteiger partial charge < -0.3 is 4.98 Å². The number of nitrogens with zero attached hydrogens (tertiary/aromatic N) is 3. The molecule has 0 fully saturated rings. The topological polar surface area (TPSA) is 54.5 Å². The first-order valence-corrected chi connectivity index (χ1v) is 3.98. The predicted molar refractivity (Wildman–Crippen MR) is 49.2 cm³/mol. The minimum Gasteiger partial charge on any atom is -0.345 e. The number of imidazole rings is 1. The average molecular weight is 170 g/mol. The molecule has 0 unspecified atom stereocenters. The SMILES string of the molecule is c1cc2c(ccc3[nH]cnc32)nn1. The first-order chi connectivity index (χ1) is 6.45. The van der Waals surface area contributed by atoms with E-state index in [0.29, 0.717) is 0 Å². The van der Waals surface area contributed by atoms with Gasteiger partial charge in [0.15, 0.2) is 0 Å². The number of hydrogen-bond acceptors (Lipinski definition) is 3. The minimum absolute atomic E-state index is 0.877. The van der Waals surface area contributed by atoms with Crippen LogP contribution in [0.3, 0.4) is 0 Å². The molecule has 0 atom stereocenters. The van der Waals surface area contributed by atoms with Crippen molar-refractivity contribution in [2.24, 2.45) is 0 Å². The Labute approximate surface area is 73.6 Å². The van der Waals surface area contributed by atoms with Crippen LogP contribution in [0.5, 0.6) is 0 Å². The highest BCUT2D eigenvalue weighted by Gasteiger charge is 2.01. The van der Waals surface area contributed by atoms with Crippen LogP contribution in [0.1, 0.15) is 0 Å². The van der Waals surface area contributed by atoms with Crippen molar-refractivity contribution in [2.75, 3.05) is 0 Å². The molecule has 2 heterocycles. The fourth-order valence-electron chi connectivity index (χ4n) is 1.47. The van der Waals surface area contributed by atoms with Gasteiger partial charge in [-0.3, -0.25) is 0 Å². The standard InChI is InChI=1S/C9H6N4/c1-2-8-9(11-5-10-8)6-3-4-12-13-7(1)6/h1-5H,(H,10,11). The van der Waals surface area contributed by atoms with E-state index in [0.717, 1.165) is 21.9 Å². The Morgan fingerprint density at radius 2 is 2.15 bits per heavy atom. The quantitative estimate of drug-likeness (QED) is 0.556. The Hall–Kier alpha value is -1.97. The molecular formula is C9H6N4. The van der Waals surface area contributed by atoms with Crippen LogP contribution in [0, 0.1) is 0 Å². The maximum absolute atomic E-state index is 4.22. The molecule has 3 rings (SSSR count). The lowest BCUT2D eigenvalue weighted by molar-refractivity contribution is 1.08. The Morgan fingerprint density at radius 1 is 1.15 bits per heavy atom. The fourth-order valence-corrected chi connectivity index (χ4v) is 1.47. The van der Waals surface area contributed by atoms with Crippen LogP contribution in [-0.2, 0) is 0 Å². The molecule has 0 spiro atoms. The molecule has 0 aliphatic heterocycles. The van der Waals surface area contributed by atoms with Gasteiger partial charge in [-0.15, -0.1) is 0 Å². The normalized spacial score (nSPS) is 11.1. The molecule has 0 saturated heterocycles. The monoisotopic (exact) mass is 170 g/mol. The summed E-state index contributed by atoms with van der Waals surface area (Å²) in [5.74, 6) is 0. The van der Waals surface area contributed by atoms with E-state index in [1.807, 2.05) is 18.2 Å². The van der Waals surface area contributed by atoms with Gasteiger partial charge in [0, 0.05) is 5.39 Å². The summed E-state index contributed by atoms with van der Waals surface area (Å²) in [5, 5.41) is 8.86. The van der Waals surface area contributed by atoms with Crippen LogP contribution in [0.4, 0.5) is 0 Å². The molecular weight excluding hydrogens is 164 g/mol. The molecule has 4 heteroatoms. The van der Waals surface area contributed by atoms with Crippen molar-refractivity contribution in [3.8, 4) is 0 Å². The van der Waals surface area contributed by atoms with Gasteiger partial charge in [0.1, 0.15) is 0 Å². The molecule has 1 N–H and O–H groups in total. The number of aromatic amines is 1. The largest absolute Gasteiger partial charge is 0.345 e. The molecule has 0 aliphatic carbocycles. The minimum atomic E-state index is 0.877. The van der Waals surface area contributed by atoms with E-state index >= 15 is 0 Å². The molecule has 0 saturated carbocycles. The van der Waals surface area contributed by atoms with Gasteiger partial charge >= 0.3 is 0 Å². The number of H-pyrrole nitrogens is 1. The van der Waals surface area contributed by atoms with Gasteiger partial charge in [0.25, 0.3) is 0 Å². The smallest absolute Gasteiger partial charge is 0.0977 e. The first-order valence-electron chi connectivity index (χ1n) is 3.98. The summed E-state index contributed by atoms with van der Waals surface area (Å²) < 4.78 is 0. The summed E-state index contributed by atoms with van der Waals surface area (Å²) >= 11 is 0. The second-order valence-corrected chi connectivity index (χ2v) is 2.83. The summed E-state index contributed by atoms with van der Waals surface area (Å²) in [6.07, 6.45) is 3.36. The Balaban J connectivity index is 2.65. The van der Waals surface area contributed by atoms with Gasteiger partial charge in [0.05, 0.1) is 29.1 Å². The molecule has 2 aromatic heterocycles. The van der Waals surface area contributed by atoms with Crippen molar-refractivity contribution < 1.29 is 0 Å². The summed E-state index contributed by atoms with van der Waals surface area (Å²) in [6, 6.07) is 5.81. The van der Waals surface area contributed by atoms with E-state index in [-0.39, 0.29) is 0 Å². The fraction of sp³-hybridized carbons (Fsp3) is 0. The first kappa shape index (κ1) is 6.54. The number of hydrogen-bond donors (Lipinski definition) is 1. The van der Waals surface area contributed by atoms with E-state index in [4.69, 9.17) is 0 Å². The lowest BCUT2D eigenvalue weighted by Crippen LogP contribution is -1.82. The summed E-state index contributed by atoms with van der Waals surface area (Å²) in [7, 11) is 0. The van der Waals surface area contributed by atoms with Crippen LogP contribution in [0.15, 0.2) is 30.7 Å². The molecule has 0 amide bonds. The lowest BCUT2D eigenvalue weighted by Gasteiger charge is -1.94. The molecule has 1 aromatic carbocycles. The number of nitrogens with one attached hydrogen (secondary N) is 1. The highest BCUT2D eigenvalue weighted by Crippen LogP contribution is 2.19. The zero-order valence-electron chi connectivity index (χ0n) is 6.73. The second kappa shape index (κ2) is 2.26. The molecule has 0 radical (unpaired) electrons. The van der Waals surface area contributed by atoms with Crippen molar-refractivity contribution in [2.45, 2.75) is 0 Å². The average Bonchev–Trinajstić information content (AvgIpc) is 2.65. The van der Waals surface area contributed by atoms with E-state index in [1.165, 1.54) is 0 Å². The Morgan fingerprint density at radius 3 is 3.15 bits per heavy atom. The lowest BCUT2D eigenvalue weighted by atomic mass is 10.2. The van der Waals surface area contributed by atoms with Gasteiger partial charge in [-0.2, -0.15) is 10.2 Å². The molecule has 13 heavy (non-hydrogen) atoms. The van der Waals surface area contributed by atoms with Crippen molar-refractivity contribution in [3.63, 3.8) is 0 Å². The summed E-state index contributed by atoms with van der Waals surface area (Å²) in [5.41, 5.74) is 2.86. The molecule has 0 bridgehead atoms. The number of rotatable bonds is 0. The molecule has 4 nitrogen and oxygen atoms in total. The zero-order valence-corrected chi connectivity index (χ0v) is 6.73. The van der Waals surface area contributed by atoms with Gasteiger partial charge in [-0.05, 0) is 18.2 Å². The second-order valence-electron chi connectivity index (χ2n) is 2.83. The Kier molecular flexibility index (Phi) is 1.14. The number of benzene rings is 1. The summed E-state index contributed by atoms with van der Waals surface area (Å²) in [6.45, 7) is 0. The van der Waals surface area contributed by atoms with Crippen LogP contribution in [0.25, 0.3) is 21.9 Å². The molecule has 3 aromatic rings. The highest BCUT2D eigenvalue weighted by molar-refractivity contribution is 6.01.